The molecule has 0 radical (unpaired) electrons. The van der Waals surface area contributed by atoms with Crippen LogP contribution in [0.3, 0.4) is 0 Å². The fourth-order valence-corrected chi connectivity index (χ4v) is 5.23. The predicted octanol–water partition coefficient (Wildman–Crippen LogP) is 3.54. The maximum Gasteiger partial charge on any atom is 0.252 e. The first-order valence-electron chi connectivity index (χ1n) is 10.6. The molecule has 3 aromatic rings. The minimum atomic E-state index is -3.60. The van der Waals surface area contributed by atoms with Gasteiger partial charge in [0, 0.05) is 18.7 Å². The number of ether oxygens (including phenoxy) is 1. The second kappa shape index (κ2) is 9.65. The highest BCUT2D eigenvalue weighted by molar-refractivity contribution is 7.89. The van der Waals surface area contributed by atoms with Crippen molar-refractivity contribution in [2.75, 3.05) is 26.3 Å². The molecule has 4 rings (SSSR count). The van der Waals surface area contributed by atoms with Gasteiger partial charge in [0.15, 0.2) is 0 Å². The summed E-state index contributed by atoms with van der Waals surface area (Å²) in [5, 5.41) is 3.11. The number of nitrogens with one attached hydrogen (secondary N) is 1. The quantitative estimate of drug-likeness (QED) is 0.623. The van der Waals surface area contributed by atoms with Gasteiger partial charge >= 0.3 is 0 Å². The van der Waals surface area contributed by atoms with Crippen LogP contribution in [0.5, 0.6) is 0 Å². The standard InChI is InChI=1S/C25H26N2O4S/c1-19-7-5-6-10-23(19)24(20-8-3-2-4-9-20)26-25(28)21-11-13-22(14-12-21)32(29,30)27-15-17-31-18-16-27/h2-14,24H,15-18H2,1H3,(H,26,28). The fourth-order valence-electron chi connectivity index (χ4n) is 3.83. The monoisotopic (exact) mass is 450 g/mol. The number of hydrogen-bond acceptors (Lipinski definition) is 4. The normalized spacial score (nSPS) is 15.8. The maximum atomic E-state index is 13.1. The third-order valence-electron chi connectivity index (χ3n) is 5.63. The SMILES string of the molecule is Cc1ccccc1C(NC(=O)c1ccc(S(=O)(=O)N2CCOCC2)cc1)c1ccccc1. The smallest absolute Gasteiger partial charge is 0.252 e. The molecule has 1 unspecified atom stereocenters. The number of morpholine rings is 1. The number of hydrogen-bond donors (Lipinski definition) is 1. The van der Waals surface area contributed by atoms with E-state index in [-0.39, 0.29) is 16.8 Å². The Morgan fingerprint density at radius 1 is 0.906 bits per heavy atom. The molecular weight excluding hydrogens is 424 g/mol. The van der Waals surface area contributed by atoms with Crippen LogP contribution in [-0.2, 0) is 14.8 Å². The molecule has 7 heteroatoms. The molecule has 0 aliphatic carbocycles. The van der Waals surface area contributed by atoms with Crippen molar-refractivity contribution in [3.05, 3.63) is 101 Å². The molecule has 166 valence electrons. The van der Waals surface area contributed by atoms with E-state index in [9.17, 15) is 13.2 Å². The highest BCUT2D eigenvalue weighted by atomic mass is 32.2. The van der Waals surface area contributed by atoms with Gasteiger partial charge in [0.25, 0.3) is 5.91 Å². The Morgan fingerprint density at radius 3 is 2.19 bits per heavy atom. The van der Waals surface area contributed by atoms with Crippen molar-refractivity contribution in [3.63, 3.8) is 0 Å². The van der Waals surface area contributed by atoms with E-state index in [1.165, 1.54) is 16.4 Å². The van der Waals surface area contributed by atoms with Gasteiger partial charge < -0.3 is 10.1 Å². The Balaban J connectivity index is 1.57. The van der Waals surface area contributed by atoms with Crippen molar-refractivity contribution >= 4 is 15.9 Å². The average molecular weight is 451 g/mol. The molecule has 0 saturated carbocycles. The summed E-state index contributed by atoms with van der Waals surface area (Å²) in [4.78, 5) is 13.3. The molecule has 1 saturated heterocycles. The summed E-state index contributed by atoms with van der Waals surface area (Å²) in [6.45, 7) is 3.46. The number of aryl methyl sites for hydroxylation is 1. The molecular formula is C25H26N2O4S. The van der Waals surface area contributed by atoms with Crippen LogP contribution in [0.25, 0.3) is 0 Å². The molecule has 0 spiro atoms. The lowest BCUT2D eigenvalue weighted by molar-refractivity contribution is 0.0730. The van der Waals surface area contributed by atoms with Crippen LogP contribution in [0.4, 0.5) is 0 Å². The van der Waals surface area contributed by atoms with Gasteiger partial charge in [-0.25, -0.2) is 8.42 Å². The van der Waals surface area contributed by atoms with Gasteiger partial charge in [-0.05, 0) is 47.9 Å². The molecule has 1 aliphatic rings. The predicted molar refractivity (Wildman–Crippen MR) is 123 cm³/mol. The summed E-state index contributed by atoms with van der Waals surface area (Å²) in [5.41, 5.74) is 3.47. The van der Waals surface area contributed by atoms with Gasteiger partial charge in [0.2, 0.25) is 10.0 Å². The Kier molecular flexibility index (Phi) is 6.69. The number of rotatable bonds is 6. The number of nitrogens with zero attached hydrogens (tertiary/aromatic N) is 1. The Labute approximate surface area is 188 Å². The van der Waals surface area contributed by atoms with Gasteiger partial charge in [-0.1, -0.05) is 54.6 Å². The molecule has 0 aromatic heterocycles. The van der Waals surface area contributed by atoms with Crippen LogP contribution in [-0.4, -0.2) is 44.9 Å². The van der Waals surface area contributed by atoms with E-state index in [4.69, 9.17) is 4.74 Å². The zero-order valence-electron chi connectivity index (χ0n) is 17.9. The van der Waals surface area contributed by atoms with Crippen molar-refractivity contribution in [1.29, 1.82) is 0 Å². The van der Waals surface area contributed by atoms with E-state index in [0.29, 0.717) is 31.9 Å². The van der Waals surface area contributed by atoms with Crippen molar-refractivity contribution in [1.82, 2.24) is 9.62 Å². The summed E-state index contributed by atoms with van der Waals surface area (Å²) < 4.78 is 32.3. The summed E-state index contributed by atoms with van der Waals surface area (Å²) in [6.07, 6.45) is 0. The van der Waals surface area contributed by atoms with E-state index in [1.54, 1.807) is 12.1 Å². The number of carbonyl (C=O) groups is 1. The Hall–Kier alpha value is -3.00. The second-order valence-electron chi connectivity index (χ2n) is 7.71. The molecule has 6 nitrogen and oxygen atoms in total. The van der Waals surface area contributed by atoms with Crippen molar-refractivity contribution in [3.8, 4) is 0 Å². The van der Waals surface area contributed by atoms with E-state index in [1.807, 2.05) is 61.5 Å². The third-order valence-corrected chi connectivity index (χ3v) is 7.55. The zero-order valence-corrected chi connectivity index (χ0v) is 18.7. The van der Waals surface area contributed by atoms with E-state index >= 15 is 0 Å². The first-order valence-corrected chi connectivity index (χ1v) is 12.0. The zero-order chi connectivity index (χ0) is 22.6. The minimum absolute atomic E-state index is 0.175. The molecule has 3 aromatic carbocycles. The molecule has 1 fully saturated rings. The van der Waals surface area contributed by atoms with Crippen LogP contribution in [0.1, 0.15) is 33.1 Å². The Bertz CT molecular complexity index is 1170. The van der Waals surface area contributed by atoms with Crippen LogP contribution < -0.4 is 5.32 Å². The summed E-state index contributed by atoms with van der Waals surface area (Å²) in [7, 11) is -3.60. The highest BCUT2D eigenvalue weighted by Gasteiger charge is 2.26. The lowest BCUT2D eigenvalue weighted by Crippen LogP contribution is -2.40. The van der Waals surface area contributed by atoms with Gasteiger partial charge in [0.1, 0.15) is 0 Å². The molecule has 1 heterocycles. The topological polar surface area (TPSA) is 75.7 Å². The van der Waals surface area contributed by atoms with Crippen molar-refractivity contribution in [2.24, 2.45) is 0 Å². The van der Waals surface area contributed by atoms with Gasteiger partial charge in [-0.3, -0.25) is 4.79 Å². The number of amides is 1. The lowest BCUT2D eigenvalue weighted by atomic mass is 9.94. The second-order valence-corrected chi connectivity index (χ2v) is 9.65. The first kappa shape index (κ1) is 22.2. The van der Waals surface area contributed by atoms with Crippen LogP contribution in [0.15, 0.2) is 83.8 Å². The van der Waals surface area contributed by atoms with Crippen LogP contribution >= 0.6 is 0 Å². The summed E-state index contributed by atoms with van der Waals surface area (Å²) in [6, 6.07) is 23.5. The lowest BCUT2D eigenvalue weighted by Gasteiger charge is -2.26. The summed E-state index contributed by atoms with van der Waals surface area (Å²) in [5.74, 6) is -0.266. The number of sulfonamides is 1. The molecule has 0 bridgehead atoms. The average Bonchev–Trinajstić information content (AvgIpc) is 2.84. The number of benzene rings is 3. The maximum absolute atomic E-state index is 13.1. The van der Waals surface area contributed by atoms with E-state index in [0.717, 1.165) is 16.7 Å². The molecule has 1 N–H and O–H groups in total. The van der Waals surface area contributed by atoms with Crippen LogP contribution in [0, 0.1) is 6.92 Å². The molecule has 1 amide bonds. The fraction of sp³-hybridized carbons (Fsp3) is 0.240. The van der Waals surface area contributed by atoms with Crippen molar-refractivity contribution < 1.29 is 17.9 Å². The van der Waals surface area contributed by atoms with Gasteiger partial charge in [-0.2, -0.15) is 4.31 Å². The van der Waals surface area contributed by atoms with Crippen molar-refractivity contribution in [2.45, 2.75) is 17.9 Å². The van der Waals surface area contributed by atoms with E-state index < -0.39 is 10.0 Å². The molecule has 1 atom stereocenters. The highest BCUT2D eigenvalue weighted by Crippen LogP contribution is 2.25. The Morgan fingerprint density at radius 2 is 1.53 bits per heavy atom. The first-order chi connectivity index (χ1) is 15.5. The van der Waals surface area contributed by atoms with Gasteiger partial charge in [0.05, 0.1) is 24.2 Å². The van der Waals surface area contributed by atoms with E-state index in [2.05, 4.69) is 5.32 Å². The summed E-state index contributed by atoms with van der Waals surface area (Å²) >= 11 is 0. The molecule has 1 aliphatic heterocycles. The van der Waals surface area contributed by atoms with Crippen LogP contribution in [0.2, 0.25) is 0 Å². The molecule has 32 heavy (non-hydrogen) atoms. The number of carbonyl (C=O) groups excluding carboxylic acids is 1. The third kappa shape index (κ3) is 4.75. The minimum Gasteiger partial charge on any atom is -0.379 e. The van der Waals surface area contributed by atoms with Gasteiger partial charge in [-0.15, -0.1) is 0 Å². The largest absolute Gasteiger partial charge is 0.379 e.